The maximum atomic E-state index is 12.0. The molecule has 0 atom stereocenters. The first-order valence-electron chi connectivity index (χ1n) is 18.6. The van der Waals surface area contributed by atoms with E-state index in [0.717, 1.165) is 27.7 Å². The Morgan fingerprint density at radius 3 is 0.770 bits per heavy atom. The van der Waals surface area contributed by atoms with Gasteiger partial charge in [0.2, 0.25) is 0 Å². The van der Waals surface area contributed by atoms with E-state index in [-0.39, 0.29) is 14.7 Å². The molecule has 0 aliphatic carbocycles. The monoisotopic (exact) mass is 870 g/mol. The average molecular weight is 871 g/mol. The summed E-state index contributed by atoms with van der Waals surface area (Å²) in [6.07, 6.45) is 0. The van der Waals surface area contributed by atoms with Crippen LogP contribution in [-0.4, -0.2) is 58.8 Å². The van der Waals surface area contributed by atoms with Gasteiger partial charge in [0.1, 0.15) is 0 Å². The molecule has 0 amide bonds. The largest absolute Gasteiger partial charge is 0.354 e. The lowest BCUT2D eigenvalue weighted by Gasteiger charge is -2.10. The van der Waals surface area contributed by atoms with Gasteiger partial charge in [-0.15, -0.1) is 0 Å². The number of hydrogen-bond acceptors (Lipinski definition) is 6. The third-order valence-electron chi connectivity index (χ3n) is 10.6. The van der Waals surface area contributed by atoms with E-state index in [1.807, 2.05) is 79.7 Å². The highest BCUT2D eigenvalue weighted by Gasteiger charge is 2.20. The second-order valence-corrected chi connectivity index (χ2v) is 18.8. The van der Waals surface area contributed by atoms with E-state index in [0.29, 0.717) is 66.5 Å². The van der Waals surface area contributed by atoms with Gasteiger partial charge in [-0.3, -0.25) is 13.7 Å². The van der Waals surface area contributed by atoms with Crippen LogP contribution in [0.5, 0.6) is 0 Å². The van der Waals surface area contributed by atoms with E-state index in [1.165, 1.54) is 36.4 Å². The minimum atomic E-state index is -4.49. The van der Waals surface area contributed by atoms with Crippen LogP contribution in [0.2, 0.25) is 0 Å². The van der Waals surface area contributed by atoms with E-state index in [4.69, 9.17) is 0 Å². The quantitative estimate of drug-likeness (QED) is 0.113. The molecule has 0 saturated carbocycles. The van der Waals surface area contributed by atoms with Gasteiger partial charge in [0.05, 0.1) is 14.7 Å². The number of H-pyrrole nitrogens is 4. The minimum absolute atomic E-state index is 0.265. The molecular formula is C45H34N4O9S3. The zero-order chi connectivity index (χ0) is 42.8. The van der Waals surface area contributed by atoms with Crippen molar-refractivity contribution in [1.82, 2.24) is 19.9 Å². The molecule has 306 valence electrons. The molecule has 4 aromatic heterocycles. The van der Waals surface area contributed by atoms with Gasteiger partial charge in [-0.25, -0.2) is 0 Å². The summed E-state index contributed by atoms with van der Waals surface area (Å²) in [5.41, 5.74) is 9.19. The number of nitrogens with one attached hydrogen (secondary N) is 4. The Bertz CT molecular complexity index is 3640. The summed E-state index contributed by atoms with van der Waals surface area (Å²) >= 11 is 0. The third kappa shape index (κ3) is 7.63. The van der Waals surface area contributed by atoms with Gasteiger partial charge >= 0.3 is 0 Å². The van der Waals surface area contributed by atoms with Crippen molar-refractivity contribution in [1.29, 1.82) is 0 Å². The highest BCUT2D eigenvalue weighted by atomic mass is 32.2. The number of aromatic nitrogens is 4. The van der Waals surface area contributed by atoms with Crippen LogP contribution in [0.1, 0.15) is 50.6 Å². The Balaban J connectivity index is 1.40. The molecule has 0 spiro atoms. The standard InChI is InChI=1S/C45H34N4O9S3/c1-26-2-4-27(5-3-26)42-34-18-20-36(46-34)43(28-6-12-31(13-7-28)59(50,51)52)38-22-24-40(48-38)45(30-10-16-33(17-11-30)61(56,57)58)41-25-23-39(49-41)44(37-21-19-35(42)47-37)29-8-14-32(15-9-29)60(53,54)55/h2-25,46-49H,1H3,(H,50,51,52)(H,53,54,55)(H,56,57,58). The Morgan fingerprint density at radius 1 is 0.311 bits per heavy atom. The number of aryl methyl sites for hydroxylation is 1. The van der Waals surface area contributed by atoms with Gasteiger partial charge in [-0.05, 0) is 114 Å². The lowest BCUT2D eigenvalue weighted by molar-refractivity contribution is 0.481. The molecule has 9 rings (SSSR count). The maximum Gasteiger partial charge on any atom is 0.294 e. The van der Waals surface area contributed by atoms with E-state index < -0.39 is 30.4 Å². The predicted molar refractivity (Wildman–Crippen MR) is 228 cm³/mol. The van der Waals surface area contributed by atoms with E-state index in [1.54, 1.807) is 36.4 Å². The second kappa shape index (κ2) is 14.7. The maximum absolute atomic E-state index is 12.0. The summed E-state index contributed by atoms with van der Waals surface area (Å²) in [7, 11) is -13.4. The normalized spacial score (nSPS) is 13.5. The molecule has 0 radical (unpaired) electrons. The first-order valence-corrected chi connectivity index (χ1v) is 22.9. The summed E-state index contributed by atoms with van der Waals surface area (Å²) in [6, 6.07) is 40.8. The Morgan fingerprint density at radius 2 is 0.541 bits per heavy atom. The molecule has 4 aromatic carbocycles. The number of benzene rings is 4. The average Bonchev–Trinajstić information content (AvgIpc) is 4.06. The fraction of sp³-hybridized carbons (Fsp3) is 0.0222. The van der Waals surface area contributed by atoms with Crippen LogP contribution < -0.4 is 21.4 Å². The van der Waals surface area contributed by atoms with Crippen LogP contribution >= 0.6 is 0 Å². The Kier molecular flexibility index (Phi) is 9.58. The van der Waals surface area contributed by atoms with E-state index >= 15 is 0 Å². The van der Waals surface area contributed by atoms with Crippen LogP contribution in [0.4, 0.5) is 0 Å². The van der Waals surface area contributed by atoms with Crippen LogP contribution in [-0.2, 0) is 30.4 Å². The van der Waals surface area contributed by atoms with Gasteiger partial charge in [-0.2, -0.15) is 25.3 Å². The minimum Gasteiger partial charge on any atom is -0.354 e. The van der Waals surface area contributed by atoms with E-state index in [9.17, 15) is 38.9 Å². The zero-order valence-corrected chi connectivity index (χ0v) is 34.3. The Hall–Kier alpha value is -6.79. The highest BCUT2D eigenvalue weighted by molar-refractivity contribution is 7.86. The topological polar surface area (TPSA) is 226 Å². The first-order chi connectivity index (χ1) is 29.0. The fourth-order valence-corrected chi connectivity index (χ4v) is 9.11. The molecule has 0 saturated heterocycles. The van der Waals surface area contributed by atoms with Crippen molar-refractivity contribution in [3.05, 3.63) is 218 Å². The van der Waals surface area contributed by atoms with Gasteiger partial charge in [-0.1, -0.05) is 66.2 Å². The van der Waals surface area contributed by atoms with Gasteiger partial charge in [0.25, 0.3) is 30.4 Å². The number of aromatic amines is 4. The lowest BCUT2D eigenvalue weighted by atomic mass is 10.0. The van der Waals surface area contributed by atoms with E-state index in [2.05, 4.69) is 19.9 Å². The summed E-state index contributed by atoms with van der Waals surface area (Å²) in [4.78, 5) is 13.5. The highest BCUT2D eigenvalue weighted by Crippen LogP contribution is 2.29. The predicted octanol–water partition coefficient (Wildman–Crippen LogP) is 4.35. The summed E-state index contributed by atoms with van der Waals surface area (Å²) in [5.74, 6) is 0. The molecule has 0 fully saturated rings. The van der Waals surface area contributed by atoms with Crippen LogP contribution in [0, 0.1) is 6.92 Å². The molecule has 0 unspecified atom stereocenters. The molecule has 16 heteroatoms. The molecule has 61 heavy (non-hydrogen) atoms. The van der Waals surface area contributed by atoms with Crippen molar-refractivity contribution >= 4 is 52.6 Å². The summed E-state index contributed by atoms with van der Waals surface area (Å²) in [5, 5.41) is 2.63. The molecule has 8 bridgehead atoms. The number of hydrogen-bond donors (Lipinski definition) is 7. The molecule has 8 aromatic rings. The molecule has 1 aliphatic heterocycles. The number of fused-ring (bicyclic) bond motifs is 8. The first kappa shape index (κ1) is 39.7. The smallest absolute Gasteiger partial charge is 0.294 e. The summed E-state index contributed by atoms with van der Waals surface area (Å²) in [6.45, 7) is 2.00. The van der Waals surface area contributed by atoms with Crippen LogP contribution in [0.25, 0.3) is 22.3 Å². The van der Waals surface area contributed by atoms with Crippen LogP contribution in [0.3, 0.4) is 0 Å². The van der Waals surface area contributed by atoms with Crippen molar-refractivity contribution in [3.8, 4) is 0 Å². The third-order valence-corrected chi connectivity index (χ3v) is 13.2. The van der Waals surface area contributed by atoms with Gasteiger partial charge in [0.15, 0.2) is 0 Å². The van der Waals surface area contributed by atoms with Gasteiger partial charge in [0, 0.05) is 66.5 Å². The molecule has 13 nitrogen and oxygen atoms in total. The number of rotatable bonds is 7. The van der Waals surface area contributed by atoms with Crippen molar-refractivity contribution in [2.45, 2.75) is 21.6 Å². The lowest BCUT2D eigenvalue weighted by Crippen LogP contribution is -2.19. The molecule has 5 heterocycles. The SMILES string of the molecule is Cc1ccc(C2=c3ccc([nH]3)=C(c3ccc(S(=O)(=O)O)cc3)c3ccc([nH]3)C(c3ccc(S(=O)(=O)O)cc3)=c3ccc([nH]3)=C(c3ccc(S(=O)(=O)O)cc3)c3ccc2[nH]3)cc1. The van der Waals surface area contributed by atoms with Gasteiger partial charge < -0.3 is 19.9 Å². The molecular weight excluding hydrogens is 837 g/mol. The molecule has 1 aliphatic rings. The Labute approximate surface area is 349 Å². The zero-order valence-electron chi connectivity index (χ0n) is 31.9. The summed E-state index contributed by atoms with van der Waals surface area (Å²) < 4.78 is 101. The second-order valence-electron chi connectivity index (χ2n) is 14.5. The van der Waals surface area contributed by atoms with Crippen LogP contribution in [0.15, 0.2) is 160 Å². The van der Waals surface area contributed by atoms with Crippen molar-refractivity contribution in [3.63, 3.8) is 0 Å². The molecule has 7 N–H and O–H groups in total. The van der Waals surface area contributed by atoms with Crippen molar-refractivity contribution in [2.24, 2.45) is 0 Å². The van der Waals surface area contributed by atoms with Crippen molar-refractivity contribution < 1.29 is 38.9 Å². The van der Waals surface area contributed by atoms with Crippen molar-refractivity contribution in [2.75, 3.05) is 0 Å². The fourth-order valence-electron chi connectivity index (χ4n) is 7.67.